The first kappa shape index (κ1) is 13.8. The van der Waals surface area contributed by atoms with E-state index in [0.29, 0.717) is 24.8 Å². The van der Waals surface area contributed by atoms with Crippen molar-refractivity contribution >= 4 is 25.0 Å². The van der Waals surface area contributed by atoms with Crippen LogP contribution in [-0.4, -0.2) is 36.7 Å². The maximum absolute atomic E-state index is 12.0. The first-order valence-corrected chi connectivity index (χ1v) is 7.85. The van der Waals surface area contributed by atoms with Crippen LogP contribution < -0.4 is 0 Å². The van der Waals surface area contributed by atoms with Gasteiger partial charge in [0.05, 0.1) is 0 Å². The molecule has 16 heavy (non-hydrogen) atoms. The second-order valence-electron chi connectivity index (χ2n) is 3.96. The van der Waals surface area contributed by atoms with Gasteiger partial charge in [-0.2, -0.15) is 4.08 Å². The van der Waals surface area contributed by atoms with Gasteiger partial charge in [-0.05, 0) is 40.1 Å². The average Bonchev–Trinajstić information content (AvgIpc) is 3.02. The Balaban J connectivity index is 2.63. The second-order valence-corrected chi connectivity index (χ2v) is 8.21. The Kier molecular flexibility index (Phi) is 5.09. The van der Waals surface area contributed by atoms with E-state index in [1.165, 1.54) is 4.08 Å². The quantitative estimate of drug-likeness (QED) is 0.379. The van der Waals surface area contributed by atoms with Crippen molar-refractivity contribution in [1.82, 2.24) is 4.08 Å². The highest BCUT2D eigenvalue weighted by Crippen LogP contribution is 2.42. The molecule has 0 aliphatic heterocycles. The molecule has 6 heteroatoms. The average molecular weight is 263 g/mol. The van der Waals surface area contributed by atoms with E-state index in [9.17, 15) is 13.2 Å². The zero-order valence-corrected chi connectivity index (χ0v) is 11.2. The van der Waals surface area contributed by atoms with Gasteiger partial charge in [0, 0.05) is 7.05 Å². The Labute approximate surface area is 99.0 Å². The molecule has 0 heterocycles. The largest absolute Gasteiger partial charge is 0.302 e. The summed E-state index contributed by atoms with van der Waals surface area (Å²) in [6.45, 7) is 3.53. The minimum Gasteiger partial charge on any atom is -0.302 e. The molecule has 1 saturated carbocycles. The van der Waals surface area contributed by atoms with Crippen molar-refractivity contribution in [1.29, 1.82) is 0 Å². The van der Waals surface area contributed by atoms with Gasteiger partial charge in [0.15, 0.2) is 0 Å². The van der Waals surface area contributed by atoms with Gasteiger partial charge >= 0.3 is 0 Å². The molecule has 0 spiro atoms. The van der Waals surface area contributed by atoms with Crippen molar-refractivity contribution in [2.75, 3.05) is 7.05 Å². The molecule has 1 aliphatic rings. The molecular formula is C10H18NO3PS. The lowest BCUT2D eigenvalue weighted by Gasteiger charge is -2.20. The van der Waals surface area contributed by atoms with E-state index in [2.05, 4.69) is 6.58 Å². The number of carbonyl (C=O) groups is 1. The normalized spacial score (nSPS) is 19.1. The summed E-state index contributed by atoms with van der Waals surface area (Å²) >= 11 is 0. The number of rotatable bonds is 8. The maximum atomic E-state index is 12.0. The summed E-state index contributed by atoms with van der Waals surface area (Å²) in [6, 6.07) is 0. The highest BCUT2D eigenvalue weighted by Gasteiger charge is 2.33. The summed E-state index contributed by atoms with van der Waals surface area (Å²) in [5.41, 5.74) is 0.520. The summed E-state index contributed by atoms with van der Waals surface area (Å²) in [7, 11) is -1.60. The molecule has 2 atom stereocenters. The van der Waals surface area contributed by atoms with Crippen LogP contribution in [0, 0.1) is 0 Å². The molecule has 1 unspecified atom stereocenters. The van der Waals surface area contributed by atoms with Gasteiger partial charge < -0.3 is 4.79 Å². The van der Waals surface area contributed by atoms with E-state index in [0.717, 1.165) is 12.8 Å². The van der Waals surface area contributed by atoms with Crippen LogP contribution in [0.25, 0.3) is 0 Å². The number of allylic oxidation sites excluding steroid dienone is 1. The fourth-order valence-electron chi connectivity index (χ4n) is 1.32. The lowest BCUT2D eigenvalue weighted by atomic mass is 10.2. The Bertz CT molecular complexity index is 351. The van der Waals surface area contributed by atoms with Crippen LogP contribution in [0.2, 0.25) is 0 Å². The molecule has 0 aromatic carbocycles. The molecule has 0 N–H and O–H groups in total. The minimum atomic E-state index is -3.45. The lowest BCUT2D eigenvalue weighted by molar-refractivity contribution is -0.107. The molecule has 0 radical (unpaired) electrons. The fourth-order valence-corrected chi connectivity index (χ4v) is 4.68. The number of aldehydes is 1. The third kappa shape index (κ3) is 3.65. The lowest BCUT2D eigenvalue weighted by Crippen LogP contribution is -2.32. The number of hydrogen-bond acceptors (Lipinski definition) is 3. The minimum absolute atomic E-state index is 0.286. The zero-order chi connectivity index (χ0) is 12.2. The molecule has 0 saturated heterocycles. The predicted molar refractivity (Wildman–Crippen MR) is 67.3 cm³/mol. The Morgan fingerprint density at radius 2 is 2.19 bits per heavy atom. The Morgan fingerprint density at radius 3 is 2.62 bits per heavy atom. The van der Waals surface area contributed by atoms with E-state index < -0.39 is 15.3 Å². The van der Waals surface area contributed by atoms with Crippen molar-refractivity contribution in [2.45, 2.75) is 36.6 Å². The molecule has 0 aromatic rings. The van der Waals surface area contributed by atoms with Gasteiger partial charge in [-0.25, -0.2) is 8.42 Å². The van der Waals surface area contributed by atoms with E-state index >= 15 is 0 Å². The van der Waals surface area contributed by atoms with E-state index in [-0.39, 0.29) is 8.73 Å². The van der Waals surface area contributed by atoms with Crippen LogP contribution in [0.5, 0.6) is 0 Å². The maximum Gasteiger partial charge on any atom is 0.226 e. The third-order valence-electron chi connectivity index (χ3n) is 2.51. The topological polar surface area (TPSA) is 54.5 Å². The summed E-state index contributed by atoms with van der Waals surface area (Å²) in [5, 5.41) is -0.915. The molecule has 1 aliphatic carbocycles. The van der Waals surface area contributed by atoms with Crippen LogP contribution >= 0.6 is 8.73 Å². The number of hydrogen-bond donors (Lipinski definition) is 0. The molecule has 4 nitrogen and oxygen atoms in total. The van der Waals surface area contributed by atoms with Gasteiger partial charge in [-0.15, -0.1) is 6.58 Å². The highest BCUT2D eigenvalue weighted by molar-refractivity contribution is 7.94. The van der Waals surface area contributed by atoms with Crippen LogP contribution in [0.4, 0.5) is 0 Å². The standard InChI is InChI=1S/C10H18NO3PS/c1-3-4-5-10(8-12)16(13,14)11(2)15-9-6-7-9/h3,8-10,15H,1,4-7H2,2H3/t10-/m0/s1. The number of carbonyl (C=O) groups excluding carboxylic acids is 1. The van der Waals surface area contributed by atoms with E-state index in [1.807, 2.05) is 0 Å². The first-order valence-electron chi connectivity index (χ1n) is 5.32. The summed E-state index contributed by atoms with van der Waals surface area (Å²) in [6.07, 6.45) is 5.26. The smallest absolute Gasteiger partial charge is 0.226 e. The van der Waals surface area contributed by atoms with Gasteiger partial charge in [-0.3, -0.25) is 0 Å². The van der Waals surface area contributed by atoms with Gasteiger partial charge in [0.25, 0.3) is 0 Å². The summed E-state index contributed by atoms with van der Waals surface area (Å²) in [4.78, 5) is 10.8. The molecule has 0 aromatic heterocycles. The van der Waals surface area contributed by atoms with Gasteiger partial charge in [-0.1, -0.05) is 6.08 Å². The third-order valence-corrected chi connectivity index (χ3v) is 6.77. The Hall–Kier alpha value is -0.250. The van der Waals surface area contributed by atoms with Gasteiger partial charge in [0.1, 0.15) is 11.5 Å². The highest BCUT2D eigenvalue weighted by atomic mass is 32.2. The number of sulfonamides is 1. The van der Waals surface area contributed by atoms with Crippen LogP contribution in [-0.2, 0) is 14.8 Å². The van der Waals surface area contributed by atoms with Crippen molar-refractivity contribution in [3.8, 4) is 0 Å². The number of nitrogens with zero attached hydrogens (tertiary/aromatic N) is 1. The van der Waals surface area contributed by atoms with Crippen molar-refractivity contribution in [3.05, 3.63) is 12.7 Å². The predicted octanol–water partition coefficient (Wildman–Crippen LogP) is 1.54. The Morgan fingerprint density at radius 1 is 1.56 bits per heavy atom. The van der Waals surface area contributed by atoms with Crippen LogP contribution in [0.1, 0.15) is 25.7 Å². The zero-order valence-electron chi connectivity index (χ0n) is 9.43. The SMILES string of the molecule is C=CCC[C@@H](C=O)S(=O)(=O)N(C)PC1CC1. The summed E-state index contributed by atoms with van der Waals surface area (Å²) in [5.74, 6) is 0. The second kappa shape index (κ2) is 5.89. The molecule has 0 amide bonds. The first-order chi connectivity index (χ1) is 7.52. The van der Waals surface area contributed by atoms with Crippen molar-refractivity contribution in [2.24, 2.45) is 0 Å². The van der Waals surface area contributed by atoms with E-state index in [4.69, 9.17) is 0 Å². The summed E-state index contributed by atoms with van der Waals surface area (Å²) < 4.78 is 25.4. The van der Waals surface area contributed by atoms with Crippen LogP contribution in [0.3, 0.4) is 0 Å². The van der Waals surface area contributed by atoms with Crippen molar-refractivity contribution in [3.63, 3.8) is 0 Å². The van der Waals surface area contributed by atoms with E-state index in [1.54, 1.807) is 13.1 Å². The fraction of sp³-hybridized carbons (Fsp3) is 0.700. The van der Waals surface area contributed by atoms with Crippen molar-refractivity contribution < 1.29 is 13.2 Å². The van der Waals surface area contributed by atoms with Crippen LogP contribution in [0.15, 0.2) is 12.7 Å². The molecule has 1 fully saturated rings. The molecular weight excluding hydrogens is 245 g/mol. The molecule has 92 valence electrons. The molecule has 0 bridgehead atoms. The van der Waals surface area contributed by atoms with Gasteiger partial charge in [0.2, 0.25) is 10.0 Å². The molecule has 1 rings (SSSR count). The monoisotopic (exact) mass is 263 g/mol.